The summed E-state index contributed by atoms with van der Waals surface area (Å²) in [6, 6.07) is 3.08. The summed E-state index contributed by atoms with van der Waals surface area (Å²) in [7, 11) is 0. The molecule has 0 amide bonds. The van der Waals surface area contributed by atoms with E-state index in [0.717, 1.165) is 0 Å². The highest BCUT2D eigenvalue weighted by Gasteiger charge is 2.08. The topological polar surface area (TPSA) is 61.7 Å². The van der Waals surface area contributed by atoms with Gasteiger partial charge in [0.15, 0.2) is 0 Å². The number of anilines is 1. The molecule has 0 aliphatic carbocycles. The van der Waals surface area contributed by atoms with Crippen LogP contribution < -0.4 is 5.43 Å². The predicted octanol–water partition coefficient (Wildman–Crippen LogP) is 3.52. The van der Waals surface area contributed by atoms with Gasteiger partial charge in [0.1, 0.15) is 5.71 Å². The first-order valence-electron chi connectivity index (χ1n) is 4.10. The Morgan fingerprint density at radius 2 is 1.94 bits per heavy atom. The molecule has 0 saturated carbocycles. The molecule has 0 saturated heterocycles. The summed E-state index contributed by atoms with van der Waals surface area (Å²) in [5.74, 6) is -1.12. The molecule has 0 unspecified atom stereocenters. The summed E-state index contributed by atoms with van der Waals surface area (Å²) < 4.78 is 0. The van der Waals surface area contributed by atoms with Crippen LogP contribution in [0, 0.1) is 0 Å². The van der Waals surface area contributed by atoms with Crippen molar-refractivity contribution in [3.63, 3.8) is 0 Å². The Hall–Kier alpha value is -0.970. The fourth-order valence-electron chi connectivity index (χ4n) is 0.804. The van der Waals surface area contributed by atoms with E-state index in [0.29, 0.717) is 10.7 Å². The fraction of sp³-hybridized carbons (Fsp3) is 0.111. The van der Waals surface area contributed by atoms with E-state index in [4.69, 9.17) is 39.9 Å². The number of nitrogens with one attached hydrogen (secondary N) is 1. The molecule has 0 aliphatic rings. The molecule has 0 atom stereocenters. The number of carboxylic acids is 1. The lowest BCUT2D eigenvalue weighted by Gasteiger charge is -2.06. The number of hydrogen-bond acceptors (Lipinski definition) is 3. The molecule has 0 aromatic heterocycles. The van der Waals surface area contributed by atoms with Gasteiger partial charge in [-0.1, -0.05) is 34.8 Å². The molecule has 7 heteroatoms. The van der Waals surface area contributed by atoms with E-state index in [1.54, 1.807) is 6.07 Å². The second kappa shape index (κ2) is 5.39. The van der Waals surface area contributed by atoms with Gasteiger partial charge in [-0.25, -0.2) is 4.79 Å². The summed E-state index contributed by atoms with van der Waals surface area (Å²) >= 11 is 17.4. The summed E-state index contributed by atoms with van der Waals surface area (Å²) in [5.41, 5.74) is 2.78. The van der Waals surface area contributed by atoms with Crippen LogP contribution in [-0.4, -0.2) is 16.8 Å². The number of nitrogens with zero attached hydrogens (tertiary/aromatic N) is 1. The van der Waals surface area contributed by atoms with Gasteiger partial charge in [0.2, 0.25) is 0 Å². The molecule has 4 nitrogen and oxygen atoms in total. The first kappa shape index (κ1) is 13.1. The largest absolute Gasteiger partial charge is 0.477 e. The molecule has 1 aromatic carbocycles. The van der Waals surface area contributed by atoms with E-state index in [1.165, 1.54) is 13.0 Å². The Morgan fingerprint density at radius 3 is 2.50 bits per heavy atom. The predicted molar refractivity (Wildman–Crippen MR) is 65.8 cm³/mol. The summed E-state index contributed by atoms with van der Waals surface area (Å²) in [4.78, 5) is 10.5. The molecule has 0 aliphatic heterocycles. The van der Waals surface area contributed by atoms with E-state index in [9.17, 15) is 4.79 Å². The summed E-state index contributed by atoms with van der Waals surface area (Å²) in [6.45, 7) is 1.35. The van der Waals surface area contributed by atoms with E-state index in [1.807, 2.05) is 0 Å². The maximum atomic E-state index is 10.5. The van der Waals surface area contributed by atoms with Crippen LogP contribution in [0.1, 0.15) is 6.92 Å². The Kier molecular flexibility index (Phi) is 4.41. The van der Waals surface area contributed by atoms with Gasteiger partial charge in [-0.05, 0) is 19.1 Å². The number of aliphatic carboxylic acids is 1. The van der Waals surface area contributed by atoms with Crippen LogP contribution in [0.3, 0.4) is 0 Å². The molecule has 1 rings (SSSR count). The molecule has 0 fully saturated rings. The summed E-state index contributed by atoms with van der Waals surface area (Å²) in [6.07, 6.45) is 0. The third kappa shape index (κ3) is 3.01. The molecule has 2 N–H and O–H groups in total. The first-order valence-corrected chi connectivity index (χ1v) is 5.24. The van der Waals surface area contributed by atoms with Crippen LogP contribution in [0.5, 0.6) is 0 Å². The maximum absolute atomic E-state index is 10.5. The smallest absolute Gasteiger partial charge is 0.351 e. The van der Waals surface area contributed by atoms with Crippen molar-refractivity contribution in [1.29, 1.82) is 0 Å². The van der Waals surface area contributed by atoms with Gasteiger partial charge in [0.05, 0.1) is 20.8 Å². The minimum Gasteiger partial charge on any atom is -0.477 e. The first-order chi connectivity index (χ1) is 7.43. The average Bonchev–Trinajstić information content (AvgIpc) is 2.24. The Labute approximate surface area is 107 Å². The number of halogens is 3. The minimum absolute atomic E-state index is 0.0952. The summed E-state index contributed by atoms with van der Waals surface area (Å²) in [5, 5.41) is 12.9. The fourth-order valence-corrected chi connectivity index (χ4v) is 1.38. The third-order valence-electron chi connectivity index (χ3n) is 1.69. The number of carbonyl (C=O) groups is 1. The van der Waals surface area contributed by atoms with Crippen LogP contribution in [0.25, 0.3) is 0 Å². The van der Waals surface area contributed by atoms with Crippen LogP contribution in [0.15, 0.2) is 17.2 Å². The maximum Gasteiger partial charge on any atom is 0.351 e. The molecule has 0 bridgehead atoms. The second-order valence-corrected chi connectivity index (χ2v) is 4.00. The van der Waals surface area contributed by atoms with Crippen molar-refractivity contribution < 1.29 is 9.90 Å². The average molecular weight is 282 g/mol. The van der Waals surface area contributed by atoms with E-state index < -0.39 is 5.97 Å². The molecule has 86 valence electrons. The van der Waals surface area contributed by atoms with Crippen molar-refractivity contribution in [2.24, 2.45) is 5.10 Å². The van der Waals surface area contributed by atoms with Gasteiger partial charge in [0, 0.05) is 0 Å². The Bertz CT molecular complexity index is 460. The van der Waals surface area contributed by atoms with Crippen molar-refractivity contribution in [1.82, 2.24) is 0 Å². The van der Waals surface area contributed by atoms with Crippen molar-refractivity contribution in [2.75, 3.05) is 5.43 Å². The van der Waals surface area contributed by atoms with E-state index >= 15 is 0 Å². The molecule has 0 radical (unpaired) electrons. The number of benzene rings is 1. The normalized spacial score (nSPS) is 11.4. The van der Waals surface area contributed by atoms with Crippen LogP contribution in [0.2, 0.25) is 15.1 Å². The van der Waals surface area contributed by atoms with Gasteiger partial charge in [-0.15, -0.1) is 0 Å². The molecule has 0 heterocycles. The zero-order chi connectivity index (χ0) is 12.3. The highest BCUT2D eigenvalue weighted by Crippen LogP contribution is 2.35. The molecule has 16 heavy (non-hydrogen) atoms. The van der Waals surface area contributed by atoms with E-state index in [-0.39, 0.29) is 15.8 Å². The highest BCUT2D eigenvalue weighted by atomic mass is 35.5. The van der Waals surface area contributed by atoms with Gasteiger partial charge in [0.25, 0.3) is 0 Å². The van der Waals surface area contributed by atoms with Gasteiger partial charge in [-0.2, -0.15) is 5.10 Å². The molecule has 1 aromatic rings. The van der Waals surface area contributed by atoms with E-state index in [2.05, 4.69) is 10.5 Å². The van der Waals surface area contributed by atoms with Gasteiger partial charge >= 0.3 is 5.97 Å². The highest BCUT2D eigenvalue weighted by molar-refractivity contribution is 6.49. The van der Waals surface area contributed by atoms with Crippen molar-refractivity contribution >= 4 is 52.2 Å². The van der Waals surface area contributed by atoms with Crippen LogP contribution in [-0.2, 0) is 4.79 Å². The lowest BCUT2D eigenvalue weighted by atomic mass is 10.3. The monoisotopic (exact) mass is 280 g/mol. The third-order valence-corrected chi connectivity index (χ3v) is 2.98. The van der Waals surface area contributed by atoms with Crippen molar-refractivity contribution in [3.05, 3.63) is 27.2 Å². The number of rotatable bonds is 3. The van der Waals surface area contributed by atoms with Gasteiger partial charge in [-0.3, -0.25) is 5.43 Å². The molecule has 0 spiro atoms. The van der Waals surface area contributed by atoms with Crippen LogP contribution in [0.4, 0.5) is 5.69 Å². The SMILES string of the molecule is C/C(=N\Nc1ccc(Cl)c(Cl)c1Cl)C(=O)O. The quantitative estimate of drug-likeness (QED) is 0.506. The zero-order valence-electron chi connectivity index (χ0n) is 8.09. The van der Waals surface area contributed by atoms with Crippen molar-refractivity contribution in [3.8, 4) is 0 Å². The number of carboxylic acid groups (broad SMARTS) is 1. The molecular weight excluding hydrogens is 274 g/mol. The number of hydrogen-bond donors (Lipinski definition) is 2. The van der Waals surface area contributed by atoms with Gasteiger partial charge < -0.3 is 5.11 Å². The Balaban J connectivity index is 2.96. The standard InChI is InChI=1S/C9H7Cl3N2O2/c1-4(9(15)16)13-14-6-3-2-5(10)7(11)8(6)12/h2-3,14H,1H3,(H,15,16)/b13-4+. The lowest BCUT2D eigenvalue weighted by molar-refractivity contribution is -0.129. The molecular formula is C9H7Cl3N2O2. The number of hydrazone groups is 1. The second-order valence-electron chi connectivity index (χ2n) is 2.84. The minimum atomic E-state index is -1.12. The zero-order valence-corrected chi connectivity index (χ0v) is 10.4. The lowest BCUT2D eigenvalue weighted by Crippen LogP contribution is -2.10. The van der Waals surface area contributed by atoms with Crippen molar-refractivity contribution in [2.45, 2.75) is 6.92 Å². The Morgan fingerprint density at radius 1 is 1.31 bits per heavy atom. The van der Waals surface area contributed by atoms with Crippen LogP contribution >= 0.6 is 34.8 Å².